The fourth-order valence-corrected chi connectivity index (χ4v) is 2.12. The lowest BCUT2D eigenvalue weighted by Gasteiger charge is -2.22. The summed E-state index contributed by atoms with van der Waals surface area (Å²) in [4.78, 5) is 13.5. The summed E-state index contributed by atoms with van der Waals surface area (Å²) in [7, 11) is 1.57. The molecule has 0 heterocycles. The van der Waals surface area contributed by atoms with Crippen LogP contribution in [-0.4, -0.2) is 13.0 Å². The Labute approximate surface area is 117 Å². The third-order valence-corrected chi connectivity index (χ3v) is 3.03. The maximum Gasteiger partial charge on any atom is 0.228 e. The van der Waals surface area contributed by atoms with E-state index >= 15 is 0 Å². The number of amides is 1. The summed E-state index contributed by atoms with van der Waals surface area (Å²) in [6.45, 7) is 1.51. The molecule has 0 saturated carbocycles. The van der Waals surface area contributed by atoms with E-state index in [2.05, 4.69) is 0 Å². The van der Waals surface area contributed by atoms with Crippen LogP contribution in [0.3, 0.4) is 0 Å². The van der Waals surface area contributed by atoms with Gasteiger partial charge in [0, 0.05) is 18.7 Å². The number of carbonyl (C=O) groups excluding carboxylic acids is 1. The van der Waals surface area contributed by atoms with Crippen molar-refractivity contribution in [3.05, 3.63) is 53.6 Å². The first-order valence-electron chi connectivity index (χ1n) is 5.83. The van der Waals surface area contributed by atoms with Gasteiger partial charge in [-0.15, -0.1) is 0 Å². The molecule has 0 fully saturated rings. The fourth-order valence-electron chi connectivity index (χ4n) is 1.86. The molecule has 2 aromatic rings. The molecule has 0 radical (unpaired) electrons. The molecule has 0 saturated heterocycles. The lowest BCUT2D eigenvalue weighted by molar-refractivity contribution is -0.115. The second-order valence-corrected chi connectivity index (χ2v) is 4.41. The Morgan fingerprint density at radius 1 is 1.16 bits per heavy atom. The Bertz CT molecular complexity index is 584. The van der Waals surface area contributed by atoms with Crippen molar-refractivity contribution in [3.63, 3.8) is 0 Å². The van der Waals surface area contributed by atoms with Crippen molar-refractivity contribution >= 4 is 28.9 Å². The Morgan fingerprint density at radius 2 is 1.84 bits per heavy atom. The molecular weight excluding hydrogens is 262 g/mol. The van der Waals surface area contributed by atoms with Crippen LogP contribution in [0.15, 0.2) is 48.5 Å². The zero-order valence-electron chi connectivity index (χ0n) is 10.8. The molecule has 19 heavy (non-hydrogen) atoms. The molecule has 3 nitrogen and oxygen atoms in total. The van der Waals surface area contributed by atoms with Crippen molar-refractivity contribution in [2.75, 3.05) is 12.0 Å². The van der Waals surface area contributed by atoms with Crippen LogP contribution in [0.5, 0.6) is 5.75 Å². The van der Waals surface area contributed by atoms with E-state index in [4.69, 9.17) is 16.3 Å². The van der Waals surface area contributed by atoms with Gasteiger partial charge in [-0.1, -0.05) is 29.8 Å². The van der Waals surface area contributed by atoms with Crippen LogP contribution in [0.1, 0.15) is 6.92 Å². The molecule has 4 heteroatoms. The van der Waals surface area contributed by atoms with Crippen LogP contribution in [0.2, 0.25) is 5.02 Å². The number of para-hydroxylation sites is 1. The molecule has 0 atom stereocenters. The summed E-state index contributed by atoms with van der Waals surface area (Å²) in [5.74, 6) is 0.559. The lowest BCUT2D eigenvalue weighted by Crippen LogP contribution is -2.22. The van der Waals surface area contributed by atoms with Gasteiger partial charge in [0.1, 0.15) is 5.75 Å². The van der Waals surface area contributed by atoms with Crippen LogP contribution in [0.4, 0.5) is 11.4 Å². The van der Waals surface area contributed by atoms with Crippen molar-refractivity contribution in [2.24, 2.45) is 0 Å². The number of hydrogen-bond donors (Lipinski definition) is 0. The third kappa shape index (κ3) is 2.88. The van der Waals surface area contributed by atoms with Gasteiger partial charge in [-0.3, -0.25) is 9.69 Å². The molecule has 0 N–H and O–H groups in total. The van der Waals surface area contributed by atoms with Gasteiger partial charge in [0.25, 0.3) is 0 Å². The second kappa shape index (κ2) is 5.76. The first-order chi connectivity index (χ1) is 9.13. The van der Waals surface area contributed by atoms with Gasteiger partial charge in [0.15, 0.2) is 0 Å². The smallest absolute Gasteiger partial charge is 0.228 e. The van der Waals surface area contributed by atoms with Crippen molar-refractivity contribution in [1.29, 1.82) is 0 Å². The Morgan fingerprint density at radius 3 is 2.37 bits per heavy atom. The summed E-state index contributed by atoms with van der Waals surface area (Å²) in [5, 5.41) is 0.471. The normalized spacial score (nSPS) is 10.1. The predicted molar refractivity (Wildman–Crippen MR) is 77.3 cm³/mol. The lowest BCUT2D eigenvalue weighted by atomic mass is 10.2. The summed E-state index contributed by atoms with van der Waals surface area (Å²) >= 11 is 6.22. The number of ether oxygens (including phenoxy) is 1. The summed E-state index contributed by atoms with van der Waals surface area (Å²) in [5.41, 5.74) is 1.42. The van der Waals surface area contributed by atoms with Gasteiger partial charge in [0.05, 0.1) is 17.8 Å². The molecule has 0 bridgehead atoms. The maximum absolute atomic E-state index is 11.9. The molecule has 0 unspecified atom stereocenters. The Hall–Kier alpha value is -2.00. The highest BCUT2D eigenvalue weighted by Gasteiger charge is 2.17. The molecule has 0 aliphatic carbocycles. The monoisotopic (exact) mass is 275 g/mol. The van der Waals surface area contributed by atoms with E-state index in [-0.39, 0.29) is 5.91 Å². The zero-order chi connectivity index (χ0) is 13.8. The topological polar surface area (TPSA) is 29.5 Å². The van der Waals surface area contributed by atoms with Crippen molar-refractivity contribution in [1.82, 2.24) is 0 Å². The number of carbonyl (C=O) groups is 1. The van der Waals surface area contributed by atoms with E-state index in [1.165, 1.54) is 6.92 Å². The van der Waals surface area contributed by atoms with Crippen molar-refractivity contribution < 1.29 is 9.53 Å². The van der Waals surface area contributed by atoms with Crippen LogP contribution in [0, 0.1) is 0 Å². The van der Waals surface area contributed by atoms with E-state index < -0.39 is 0 Å². The van der Waals surface area contributed by atoms with E-state index in [9.17, 15) is 4.79 Å². The molecule has 2 aromatic carbocycles. The van der Waals surface area contributed by atoms with E-state index in [1.807, 2.05) is 30.3 Å². The van der Waals surface area contributed by atoms with Crippen LogP contribution >= 0.6 is 11.6 Å². The number of nitrogens with zero attached hydrogens (tertiary/aromatic N) is 1. The summed E-state index contributed by atoms with van der Waals surface area (Å²) < 4.78 is 5.11. The molecule has 0 aliphatic heterocycles. The molecule has 98 valence electrons. The Balaban J connectivity index is 2.49. The van der Waals surface area contributed by atoms with E-state index in [0.717, 1.165) is 5.69 Å². The van der Waals surface area contributed by atoms with Gasteiger partial charge >= 0.3 is 0 Å². The highest BCUT2D eigenvalue weighted by molar-refractivity contribution is 6.34. The molecule has 0 spiro atoms. The highest BCUT2D eigenvalue weighted by Crippen LogP contribution is 2.34. The maximum atomic E-state index is 11.9. The van der Waals surface area contributed by atoms with Crippen molar-refractivity contribution in [2.45, 2.75) is 6.92 Å². The summed E-state index contributed by atoms with van der Waals surface area (Å²) in [6.07, 6.45) is 0. The molecule has 1 amide bonds. The average molecular weight is 276 g/mol. The average Bonchev–Trinajstić information content (AvgIpc) is 2.41. The summed E-state index contributed by atoms with van der Waals surface area (Å²) in [6, 6.07) is 14.6. The molecule has 0 aliphatic rings. The number of benzene rings is 2. The SMILES string of the molecule is COc1ccc(N(C(C)=O)c2ccccc2)c(Cl)c1. The predicted octanol–water partition coefficient (Wildman–Crippen LogP) is 4.03. The zero-order valence-corrected chi connectivity index (χ0v) is 11.5. The standard InChI is InChI=1S/C15H14ClNO2/c1-11(18)17(12-6-4-3-5-7-12)15-9-8-13(19-2)10-14(15)16/h3-10H,1-2H3. The van der Waals surface area contributed by atoms with Crippen molar-refractivity contribution in [3.8, 4) is 5.75 Å². The second-order valence-electron chi connectivity index (χ2n) is 4.01. The highest BCUT2D eigenvalue weighted by atomic mass is 35.5. The minimum atomic E-state index is -0.0988. The van der Waals surface area contributed by atoms with Gasteiger partial charge in [0.2, 0.25) is 5.91 Å². The van der Waals surface area contributed by atoms with Gasteiger partial charge < -0.3 is 4.74 Å². The van der Waals surface area contributed by atoms with Gasteiger partial charge in [-0.25, -0.2) is 0 Å². The largest absolute Gasteiger partial charge is 0.497 e. The molecule has 0 aromatic heterocycles. The number of anilines is 2. The number of halogens is 1. The number of rotatable bonds is 3. The number of hydrogen-bond acceptors (Lipinski definition) is 2. The first kappa shape index (κ1) is 13.4. The van der Waals surface area contributed by atoms with E-state index in [0.29, 0.717) is 16.5 Å². The fraction of sp³-hybridized carbons (Fsp3) is 0.133. The van der Waals surface area contributed by atoms with Crippen LogP contribution in [0.25, 0.3) is 0 Å². The van der Waals surface area contributed by atoms with Crippen LogP contribution < -0.4 is 9.64 Å². The van der Waals surface area contributed by atoms with Crippen LogP contribution in [-0.2, 0) is 4.79 Å². The minimum Gasteiger partial charge on any atom is -0.497 e. The minimum absolute atomic E-state index is 0.0988. The molecular formula is C15H14ClNO2. The Kier molecular flexibility index (Phi) is 4.07. The van der Waals surface area contributed by atoms with E-state index in [1.54, 1.807) is 30.2 Å². The third-order valence-electron chi connectivity index (χ3n) is 2.73. The number of methoxy groups -OCH3 is 1. The van der Waals surface area contributed by atoms with Gasteiger partial charge in [-0.2, -0.15) is 0 Å². The first-order valence-corrected chi connectivity index (χ1v) is 6.20. The molecule has 2 rings (SSSR count). The van der Waals surface area contributed by atoms with Gasteiger partial charge in [-0.05, 0) is 24.3 Å². The quantitative estimate of drug-likeness (QED) is 0.846.